The van der Waals surface area contributed by atoms with Crippen LogP contribution in [0.2, 0.25) is 10.0 Å². The van der Waals surface area contributed by atoms with E-state index in [4.69, 9.17) is 37.4 Å². The number of carbonyl (C=O) groups is 2. The first-order chi connectivity index (χ1) is 20.4. The van der Waals surface area contributed by atoms with E-state index in [-0.39, 0.29) is 39.2 Å². The number of halogens is 4. The summed E-state index contributed by atoms with van der Waals surface area (Å²) in [5.41, 5.74) is 0.859. The lowest BCUT2D eigenvalue weighted by atomic mass is 10.0. The summed E-state index contributed by atoms with van der Waals surface area (Å²) in [5, 5.41) is 0.399. The molecular weight excluding hydrogens is 633 g/mol. The fraction of sp³-hybridized carbons (Fsp3) is 0.321. The van der Waals surface area contributed by atoms with Gasteiger partial charge in [0.05, 0.1) is 28.5 Å². The maximum atomic E-state index is 13.0. The first-order valence-electron chi connectivity index (χ1n) is 12.8. The SMILES string of the molecule is CS(=O)(=O)Nc1cccc(C(=O)OCC(=O)O[C@@H](Cc2c(Cl)cncc2Cl)c2ccc(OC(F)F)c(OCC3CC3)c2)c1. The van der Waals surface area contributed by atoms with Crippen molar-refractivity contribution < 1.29 is 45.7 Å². The standard InChI is InChI=1S/C28H26Cl2F2N2O8S/c1-43(37,38)34-19-4-2-3-18(9-19)27(36)40-15-26(35)41-24(11-20-21(29)12-33-13-22(20)30)17-7-8-23(42-28(31)32)25(10-17)39-14-16-5-6-16/h2-4,7-10,12-13,16,24,28,34H,5-6,11,14-15H2,1H3/t24-/m0/s1. The van der Waals surface area contributed by atoms with Crippen LogP contribution < -0.4 is 14.2 Å². The van der Waals surface area contributed by atoms with Crippen molar-refractivity contribution in [1.29, 1.82) is 0 Å². The molecule has 1 heterocycles. The Hall–Kier alpha value is -3.68. The zero-order chi connectivity index (χ0) is 31.1. The summed E-state index contributed by atoms with van der Waals surface area (Å²) >= 11 is 12.6. The monoisotopic (exact) mass is 658 g/mol. The molecule has 1 aliphatic rings. The average molecular weight is 659 g/mol. The van der Waals surface area contributed by atoms with Crippen LogP contribution in [0.4, 0.5) is 14.5 Å². The van der Waals surface area contributed by atoms with Crippen LogP contribution in [0.25, 0.3) is 0 Å². The van der Waals surface area contributed by atoms with Gasteiger partial charge in [0.25, 0.3) is 0 Å². The number of hydrogen-bond acceptors (Lipinski definition) is 9. The Labute approximate surface area is 256 Å². The summed E-state index contributed by atoms with van der Waals surface area (Å²) in [6, 6.07) is 9.62. The van der Waals surface area contributed by atoms with E-state index in [2.05, 4.69) is 14.4 Å². The Morgan fingerprint density at radius 2 is 1.79 bits per heavy atom. The topological polar surface area (TPSA) is 130 Å². The molecule has 0 saturated heterocycles. The molecule has 43 heavy (non-hydrogen) atoms. The number of anilines is 1. The molecule has 1 aromatic heterocycles. The van der Waals surface area contributed by atoms with Gasteiger partial charge in [-0.1, -0.05) is 35.3 Å². The lowest BCUT2D eigenvalue weighted by Crippen LogP contribution is -2.21. The number of nitrogens with zero attached hydrogens (tertiary/aromatic N) is 1. The molecule has 1 atom stereocenters. The van der Waals surface area contributed by atoms with E-state index in [1.54, 1.807) is 0 Å². The van der Waals surface area contributed by atoms with Crippen molar-refractivity contribution in [2.24, 2.45) is 5.92 Å². The molecule has 0 amide bonds. The van der Waals surface area contributed by atoms with Crippen LogP contribution in [0, 0.1) is 5.92 Å². The van der Waals surface area contributed by atoms with Gasteiger partial charge in [0, 0.05) is 24.5 Å². The maximum Gasteiger partial charge on any atom is 0.387 e. The van der Waals surface area contributed by atoms with Crippen LogP contribution >= 0.6 is 23.2 Å². The van der Waals surface area contributed by atoms with Gasteiger partial charge in [-0.25, -0.2) is 18.0 Å². The van der Waals surface area contributed by atoms with Crippen LogP contribution in [-0.4, -0.2) is 51.4 Å². The van der Waals surface area contributed by atoms with E-state index in [9.17, 15) is 26.8 Å². The van der Waals surface area contributed by atoms with Gasteiger partial charge in [-0.3, -0.25) is 9.71 Å². The number of ether oxygens (including phenoxy) is 4. The highest BCUT2D eigenvalue weighted by Gasteiger charge is 2.26. The third-order valence-electron chi connectivity index (χ3n) is 6.07. The molecular formula is C28H26Cl2F2N2O8S. The molecule has 1 N–H and O–H groups in total. The smallest absolute Gasteiger partial charge is 0.387 e. The van der Waals surface area contributed by atoms with Gasteiger partial charge in [0.2, 0.25) is 10.0 Å². The second-order valence-electron chi connectivity index (χ2n) is 9.63. The maximum absolute atomic E-state index is 13.0. The molecule has 4 rings (SSSR count). The molecule has 15 heteroatoms. The highest BCUT2D eigenvalue weighted by Crippen LogP contribution is 2.38. The average Bonchev–Trinajstić information content (AvgIpc) is 3.76. The highest BCUT2D eigenvalue weighted by atomic mass is 35.5. The Balaban J connectivity index is 1.53. The van der Waals surface area contributed by atoms with Crippen molar-refractivity contribution in [3.63, 3.8) is 0 Å². The molecule has 0 spiro atoms. The number of carbonyl (C=O) groups excluding carboxylic acids is 2. The molecule has 10 nitrogen and oxygen atoms in total. The minimum atomic E-state index is -3.59. The van der Waals surface area contributed by atoms with Gasteiger partial charge in [-0.2, -0.15) is 8.78 Å². The Morgan fingerprint density at radius 1 is 1.07 bits per heavy atom. The van der Waals surface area contributed by atoms with Crippen LogP contribution in [0.15, 0.2) is 54.9 Å². The number of alkyl halides is 2. The first kappa shape index (κ1) is 32.2. The highest BCUT2D eigenvalue weighted by molar-refractivity contribution is 7.92. The van der Waals surface area contributed by atoms with Crippen molar-refractivity contribution in [3.05, 3.63) is 81.6 Å². The van der Waals surface area contributed by atoms with Crippen molar-refractivity contribution in [2.75, 3.05) is 24.2 Å². The van der Waals surface area contributed by atoms with Gasteiger partial charge in [0.1, 0.15) is 6.10 Å². The minimum Gasteiger partial charge on any atom is -0.489 e. The Bertz CT molecular complexity index is 1570. The zero-order valence-corrected chi connectivity index (χ0v) is 24.9. The summed E-state index contributed by atoms with van der Waals surface area (Å²) in [4.78, 5) is 29.4. The van der Waals surface area contributed by atoms with Gasteiger partial charge >= 0.3 is 18.6 Å². The number of benzene rings is 2. The molecule has 1 aliphatic carbocycles. The van der Waals surface area contributed by atoms with Gasteiger partial charge in [0.15, 0.2) is 18.1 Å². The minimum absolute atomic E-state index is 0.0135. The number of sulfonamides is 1. The molecule has 230 valence electrons. The van der Waals surface area contributed by atoms with Gasteiger partial charge in [-0.15, -0.1) is 0 Å². The number of hydrogen-bond donors (Lipinski definition) is 1. The number of nitrogens with one attached hydrogen (secondary N) is 1. The number of pyridine rings is 1. The molecule has 1 fully saturated rings. The number of esters is 2. The number of rotatable bonds is 14. The van der Waals surface area contributed by atoms with Crippen molar-refractivity contribution >= 4 is 50.9 Å². The normalized spacial score (nSPS) is 13.7. The van der Waals surface area contributed by atoms with Crippen LogP contribution in [-0.2, 0) is 30.7 Å². The van der Waals surface area contributed by atoms with E-state index in [0.29, 0.717) is 23.7 Å². The predicted octanol–water partition coefficient (Wildman–Crippen LogP) is 5.83. The summed E-state index contributed by atoms with van der Waals surface area (Å²) in [6.45, 7) is -3.59. The Kier molecular flexibility index (Phi) is 10.6. The fourth-order valence-electron chi connectivity index (χ4n) is 3.89. The molecule has 3 aromatic rings. The molecule has 0 bridgehead atoms. The molecule has 1 saturated carbocycles. The van der Waals surface area contributed by atoms with Crippen molar-refractivity contribution in [3.8, 4) is 11.5 Å². The fourth-order valence-corrected chi connectivity index (χ4v) is 4.97. The Morgan fingerprint density at radius 3 is 2.44 bits per heavy atom. The largest absolute Gasteiger partial charge is 0.489 e. The summed E-state index contributed by atoms with van der Waals surface area (Å²) < 4.78 is 72.4. The lowest BCUT2D eigenvalue weighted by molar-refractivity contribution is -0.153. The van der Waals surface area contributed by atoms with Crippen molar-refractivity contribution in [1.82, 2.24) is 4.98 Å². The molecule has 0 aliphatic heterocycles. The molecule has 0 radical (unpaired) electrons. The summed E-state index contributed by atoms with van der Waals surface area (Å²) in [6.07, 6.45) is 4.48. The van der Waals surface area contributed by atoms with Crippen molar-refractivity contribution in [2.45, 2.75) is 32.0 Å². The molecule has 0 unspecified atom stereocenters. The predicted molar refractivity (Wildman–Crippen MR) is 153 cm³/mol. The van der Waals surface area contributed by atoms with Gasteiger partial charge in [-0.05, 0) is 60.2 Å². The van der Waals surface area contributed by atoms with E-state index < -0.39 is 41.3 Å². The van der Waals surface area contributed by atoms with Gasteiger partial charge < -0.3 is 18.9 Å². The van der Waals surface area contributed by atoms with Crippen LogP contribution in [0.3, 0.4) is 0 Å². The summed E-state index contributed by atoms with van der Waals surface area (Å²) in [5.74, 6) is -1.70. The first-order valence-corrected chi connectivity index (χ1v) is 15.5. The quantitative estimate of drug-likeness (QED) is 0.212. The second-order valence-corrected chi connectivity index (χ2v) is 12.2. The van der Waals surface area contributed by atoms with E-state index in [1.165, 1.54) is 54.9 Å². The number of aromatic nitrogens is 1. The van der Waals surface area contributed by atoms with Crippen LogP contribution in [0.5, 0.6) is 11.5 Å². The third-order valence-corrected chi connectivity index (χ3v) is 7.32. The van der Waals surface area contributed by atoms with E-state index >= 15 is 0 Å². The van der Waals surface area contributed by atoms with E-state index in [0.717, 1.165) is 19.1 Å². The second kappa shape index (κ2) is 14.2. The third kappa shape index (κ3) is 9.94. The summed E-state index contributed by atoms with van der Waals surface area (Å²) in [7, 11) is -3.59. The lowest BCUT2D eigenvalue weighted by Gasteiger charge is -2.21. The zero-order valence-electron chi connectivity index (χ0n) is 22.6. The molecule has 2 aromatic carbocycles. The van der Waals surface area contributed by atoms with E-state index in [1.807, 2.05) is 0 Å². The van der Waals surface area contributed by atoms with Crippen LogP contribution in [0.1, 0.15) is 40.4 Å².